The smallest absolute Gasteiger partial charge is 0.0606 e. The molecule has 0 unspecified atom stereocenters. The fourth-order valence-corrected chi connectivity index (χ4v) is 3.10. The van der Waals surface area contributed by atoms with Gasteiger partial charge in [0.1, 0.15) is 0 Å². The minimum Gasteiger partial charge on any atom is -0.395 e. The van der Waals surface area contributed by atoms with Gasteiger partial charge >= 0.3 is 0 Å². The molecule has 2 N–H and O–H groups in total. The maximum absolute atomic E-state index is 9.35. The summed E-state index contributed by atoms with van der Waals surface area (Å²) in [4.78, 5) is 2.40. The van der Waals surface area contributed by atoms with Gasteiger partial charge in [0.2, 0.25) is 0 Å². The second kappa shape index (κ2) is 8.28. The summed E-state index contributed by atoms with van der Waals surface area (Å²) in [7, 11) is 0. The Morgan fingerprint density at radius 3 is 2.45 bits per heavy atom. The maximum Gasteiger partial charge on any atom is 0.0606 e. The fraction of sp³-hybridized carbons (Fsp3) is 0.647. The Bertz CT molecular complexity index is 371. The molecule has 1 aliphatic carbocycles. The molecule has 3 nitrogen and oxygen atoms in total. The largest absolute Gasteiger partial charge is 0.395 e. The molecule has 112 valence electrons. The first-order chi connectivity index (χ1) is 9.85. The van der Waals surface area contributed by atoms with E-state index >= 15 is 0 Å². The summed E-state index contributed by atoms with van der Waals surface area (Å²) in [5.74, 6) is 0. The molecule has 0 bridgehead atoms. The van der Waals surface area contributed by atoms with Gasteiger partial charge < -0.3 is 15.3 Å². The molecule has 1 saturated carbocycles. The van der Waals surface area contributed by atoms with Crippen LogP contribution in [-0.4, -0.2) is 30.8 Å². The average Bonchev–Trinajstić information content (AvgIpc) is 2.52. The average molecular weight is 276 g/mol. The molecule has 0 atom stereocenters. The summed E-state index contributed by atoms with van der Waals surface area (Å²) in [5, 5.41) is 12.7. The number of hydrogen-bond donors (Lipinski definition) is 2. The number of anilines is 1. The third-order valence-corrected chi connectivity index (χ3v) is 4.20. The highest BCUT2D eigenvalue weighted by Crippen LogP contribution is 2.27. The summed E-state index contributed by atoms with van der Waals surface area (Å²) < 4.78 is 0. The molecule has 2 rings (SSSR count). The van der Waals surface area contributed by atoms with Gasteiger partial charge in [0.25, 0.3) is 0 Å². The standard InChI is InChI=1S/C17H28N2O/c1-2-18-14-15-8-10-17(11-9-15)19(12-13-20)16-6-4-3-5-7-16/h8-11,16,18,20H,2-7,12-14H2,1H3. The number of aliphatic hydroxyl groups excluding tert-OH is 1. The van der Waals surface area contributed by atoms with Crippen LogP contribution in [0.15, 0.2) is 24.3 Å². The van der Waals surface area contributed by atoms with Gasteiger partial charge in [-0.15, -0.1) is 0 Å². The summed E-state index contributed by atoms with van der Waals surface area (Å²) in [6.07, 6.45) is 6.54. The number of nitrogens with one attached hydrogen (secondary N) is 1. The van der Waals surface area contributed by atoms with Crippen molar-refractivity contribution in [3.63, 3.8) is 0 Å². The van der Waals surface area contributed by atoms with Crippen molar-refractivity contribution in [1.82, 2.24) is 5.32 Å². The van der Waals surface area contributed by atoms with Crippen molar-refractivity contribution >= 4 is 5.69 Å². The first kappa shape index (κ1) is 15.3. The number of rotatable bonds is 7. The van der Waals surface area contributed by atoms with Crippen LogP contribution in [0.4, 0.5) is 5.69 Å². The van der Waals surface area contributed by atoms with Crippen LogP contribution in [0.2, 0.25) is 0 Å². The highest BCUT2D eigenvalue weighted by molar-refractivity contribution is 5.48. The van der Waals surface area contributed by atoms with Gasteiger partial charge in [-0.3, -0.25) is 0 Å². The van der Waals surface area contributed by atoms with E-state index in [4.69, 9.17) is 0 Å². The normalized spacial score (nSPS) is 16.3. The molecule has 0 heterocycles. The van der Waals surface area contributed by atoms with Gasteiger partial charge in [-0.1, -0.05) is 38.3 Å². The zero-order valence-electron chi connectivity index (χ0n) is 12.6. The van der Waals surface area contributed by atoms with E-state index in [1.807, 2.05) is 0 Å². The van der Waals surface area contributed by atoms with Gasteiger partial charge in [-0.2, -0.15) is 0 Å². The van der Waals surface area contributed by atoms with E-state index in [1.54, 1.807) is 0 Å². The summed E-state index contributed by atoms with van der Waals surface area (Å²) in [6.45, 7) is 5.04. The predicted molar refractivity (Wildman–Crippen MR) is 85.1 cm³/mol. The number of benzene rings is 1. The Hall–Kier alpha value is -1.06. The van der Waals surface area contributed by atoms with Crippen molar-refractivity contribution < 1.29 is 5.11 Å². The third-order valence-electron chi connectivity index (χ3n) is 4.20. The lowest BCUT2D eigenvalue weighted by molar-refractivity contribution is 0.290. The Balaban J connectivity index is 2.04. The molecule has 0 saturated heterocycles. The minimum atomic E-state index is 0.232. The molecular weight excluding hydrogens is 248 g/mol. The van der Waals surface area contributed by atoms with Gasteiger partial charge in [-0.25, -0.2) is 0 Å². The summed E-state index contributed by atoms with van der Waals surface area (Å²) in [6, 6.07) is 9.42. The highest BCUT2D eigenvalue weighted by atomic mass is 16.3. The fourth-order valence-electron chi connectivity index (χ4n) is 3.10. The van der Waals surface area contributed by atoms with Crippen LogP contribution in [0, 0.1) is 0 Å². The van der Waals surface area contributed by atoms with E-state index < -0.39 is 0 Å². The lowest BCUT2D eigenvalue weighted by atomic mass is 9.93. The Morgan fingerprint density at radius 2 is 1.85 bits per heavy atom. The zero-order valence-corrected chi connectivity index (χ0v) is 12.6. The molecule has 20 heavy (non-hydrogen) atoms. The Labute approximate surface area is 123 Å². The highest BCUT2D eigenvalue weighted by Gasteiger charge is 2.20. The van der Waals surface area contributed by atoms with E-state index in [9.17, 15) is 5.11 Å². The van der Waals surface area contributed by atoms with Crippen LogP contribution in [0.1, 0.15) is 44.6 Å². The van der Waals surface area contributed by atoms with Gasteiger partial charge in [0.15, 0.2) is 0 Å². The number of nitrogens with zero attached hydrogens (tertiary/aromatic N) is 1. The van der Waals surface area contributed by atoms with Crippen LogP contribution in [0.25, 0.3) is 0 Å². The molecule has 0 amide bonds. The number of aliphatic hydroxyl groups is 1. The van der Waals surface area contributed by atoms with Crippen molar-refractivity contribution in [2.45, 2.75) is 51.6 Å². The molecule has 0 radical (unpaired) electrons. The predicted octanol–water partition coefficient (Wildman–Crippen LogP) is 2.93. The third kappa shape index (κ3) is 4.22. The maximum atomic E-state index is 9.35. The van der Waals surface area contributed by atoms with Crippen LogP contribution < -0.4 is 10.2 Å². The van der Waals surface area contributed by atoms with Crippen molar-refractivity contribution in [2.24, 2.45) is 0 Å². The molecule has 1 fully saturated rings. The van der Waals surface area contributed by atoms with Crippen molar-refractivity contribution in [3.05, 3.63) is 29.8 Å². The van der Waals surface area contributed by atoms with Crippen molar-refractivity contribution in [1.29, 1.82) is 0 Å². The quantitative estimate of drug-likeness (QED) is 0.804. The molecular formula is C17H28N2O. The summed E-state index contributed by atoms with van der Waals surface area (Å²) in [5.41, 5.74) is 2.58. The minimum absolute atomic E-state index is 0.232. The SMILES string of the molecule is CCNCc1ccc(N(CCO)C2CCCCC2)cc1. The zero-order chi connectivity index (χ0) is 14.2. The monoisotopic (exact) mass is 276 g/mol. The summed E-state index contributed by atoms with van der Waals surface area (Å²) >= 11 is 0. The Morgan fingerprint density at radius 1 is 1.15 bits per heavy atom. The Kier molecular flexibility index (Phi) is 6.34. The second-order valence-corrected chi connectivity index (χ2v) is 5.66. The molecule has 0 spiro atoms. The van der Waals surface area contributed by atoms with E-state index in [1.165, 1.54) is 43.4 Å². The van der Waals surface area contributed by atoms with E-state index in [-0.39, 0.29) is 6.61 Å². The van der Waals surface area contributed by atoms with Gasteiger partial charge in [-0.05, 0) is 37.1 Å². The van der Waals surface area contributed by atoms with E-state index in [0.29, 0.717) is 6.04 Å². The molecule has 0 aromatic heterocycles. The first-order valence-electron chi connectivity index (χ1n) is 8.02. The van der Waals surface area contributed by atoms with Gasteiger partial charge in [0.05, 0.1) is 6.61 Å². The van der Waals surface area contributed by atoms with Gasteiger partial charge in [0, 0.05) is 24.8 Å². The van der Waals surface area contributed by atoms with Crippen LogP contribution >= 0.6 is 0 Å². The topological polar surface area (TPSA) is 35.5 Å². The van der Waals surface area contributed by atoms with Crippen molar-refractivity contribution in [2.75, 3.05) is 24.6 Å². The van der Waals surface area contributed by atoms with E-state index in [0.717, 1.165) is 19.6 Å². The molecule has 1 aromatic carbocycles. The second-order valence-electron chi connectivity index (χ2n) is 5.66. The molecule has 0 aliphatic heterocycles. The molecule has 1 aromatic rings. The molecule has 1 aliphatic rings. The van der Waals surface area contributed by atoms with Crippen LogP contribution in [-0.2, 0) is 6.54 Å². The molecule has 3 heteroatoms. The van der Waals surface area contributed by atoms with Crippen LogP contribution in [0.3, 0.4) is 0 Å². The van der Waals surface area contributed by atoms with Crippen molar-refractivity contribution in [3.8, 4) is 0 Å². The lowest BCUT2D eigenvalue weighted by Gasteiger charge is -2.36. The first-order valence-corrected chi connectivity index (χ1v) is 8.02. The number of hydrogen-bond acceptors (Lipinski definition) is 3. The van der Waals surface area contributed by atoms with E-state index in [2.05, 4.69) is 41.4 Å². The lowest BCUT2D eigenvalue weighted by Crippen LogP contribution is -2.38. The van der Waals surface area contributed by atoms with Crippen LogP contribution in [0.5, 0.6) is 0 Å².